The number of aromatic hydroxyl groups is 1. The van der Waals surface area contributed by atoms with Crippen LogP contribution in [0.3, 0.4) is 0 Å². The number of morpholine rings is 1. The molecule has 134 valence electrons. The normalized spacial score (nSPS) is 15.1. The number of ether oxygens (including phenoxy) is 2. The van der Waals surface area contributed by atoms with Crippen molar-refractivity contribution in [2.24, 2.45) is 0 Å². The average molecular weight is 362 g/mol. The summed E-state index contributed by atoms with van der Waals surface area (Å²) >= 11 is 1.42. The molecule has 1 amide bonds. The van der Waals surface area contributed by atoms with Gasteiger partial charge in [0.2, 0.25) is 0 Å². The predicted octanol–water partition coefficient (Wildman–Crippen LogP) is 2.19. The first-order chi connectivity index (χ1) is 12.2. The molecule has 0 spiro atoms. The standard InChI is InChI=1S/C18H22N2O4S/c1-23-15-12-13(2-3-14(15)21)16-4-5-17(25-16)18(22)19-6-7-20-8-10-24-11-9-20/h2-5,12,21H,6-11H2,1H3,(H,19,22). The van der Waals surface area contributed by atoms with Crippen molar-refractivity contribution in [3.8, 4) is 21.9 Å². The first-order valence-corrected chi connectivity index (χ1v) is 9.04. The van der Waals surface area contributed by atoms with Gasteiger partial charge in [0.05, 0.1) is 25.2 Å². The smallest absolute Gasteiger partial charge is 0.261 e. The minimum Gasteiger partial charge on any atom is -0.504 e. The Kier molecular flexibility index (Phi) is 5.91. The van der Waals surface area contributed by atoms with Gasteiger partial charge in [-0.15, -0.1) is 11.3 Å². The molecular formula is C18H22N2O4S. The third-order valence-electron chi connectivity index (χ3n) is 4.11. The van der Waals surface area contributed by atoms with E-state index in [1.807, 2.05) is 18.2 Å². The Morgan fingerprint density at radius 1 is 1.32 bits per heavy atom. The maximum Gasteiger partial charge on any atom is 0.261 e. The Hall–Kier alpha value is -2.09. The van der Waals surface area contributed by atoms with E-state index in [1.165, 1.54) is 18.4 Å². The molecule has 7 heteroatoms. The zero-order valence-electron chi connectivity index (χ0n) is 14.2. The number of nitrogens with one attached hydrogen (secondary N) is 1. The summed E-state index contributed by atoms with van der Waals surface area (Å²) < 4.78 is 10.4. The molecule has 2 aromatic rings. The summed E-state index contributed by atoms with van der Waals surface area (Å²) in [5.74, 6) is 0.460. The maximum absolute atomic E-state index is 12.3. The molecule has 1 saturated heterocycles. The topological polar surface area (TPSA) is 71.0 Å². The Labute approximate surface area is 151 Å². The third kappa shape index (κ3) is 4.50. The van der Waals surface area contributed by atoms with Crippen LogP contribution < -0.4 is 10.1 Å². The molecule has 1 aliphatic heterocycles. The number of carbonyl (C=O) groups is 1. The second-order valence-corrected chi connectivity index (χ2v) is 6.84. The van der Waals surface area contributed by atoms with E-state index in [0.717, 1.165) is 43.3 Å². The zero-order chi connectivity index (χ0) is 17.6. The molecule has 2 N–H and O–H groups in total. The zero-order valence-corrected chi connectivity index (χ0v) is 15.0. The molecule has 2 heterocycles. The lowest BCUT2D eigenvalue weighted by Crippen LogP contribution is -2.41. The van der Waals surface area contributed by atoms with Gasteiger partial charge < -0.3 is 19.9 Å². The van der Waals surface area contributed by atoms with Gasteiger partial charge in [-0.05, 0) is 35.9 Å². The molecule has 1 aromatic carbocycles. The second-order valence-electron chi connectivity index (χ2n) is 5.76. The van der Waals surface area contributed by atoms with Crippen LogP contribution in [0.1, 0.15) is 9.67 Å². The molecule has 6 nitrogen and oxygen atoms in total. The van der Waals surface area contributed by atoms with Gasteiger partial charge in [0.15, 0.2) is 11.5 Å². The molecular weight excluding hydrogens is 340 g/mol. The Morgan fingerprint density at radius 3 is 2.88 bits per heavy atom. The molecule has 0 radical (unpaired) electrons. The van der Waals surface area contributed by atoms with Gasteiger partial charge in [0.1, 0.15) is 0 Å². The van der Waals surface area contributed by atoms with Gasteiger partial charge in [0.25, 0.3) is 5.91 Å². The highest BCUT2D eigenvalue weighted by Gasteiger charge is 2.13. The highest BCUT2D eigenvalue weighted by molar-refractivity contribution is 7.17. The number of phenolic OH excluding ortho intramolecular Hbond substituents is 1. The summed E-state index contributed by atoms with van der Waals surface area (Å²) in [6.07, 6.45) is 0. The summed E-state index contributed by atoms with van der Waals surface area (Å²) in [5.41, 5.74) is 0.909. The minimum absolute atomic E-state index is 0.0600. The lowest BCUT2D eigenvalue weighted by molar-refractivity contribution is 0.0383. The molecule has 0 aliphatic carbocycles. The average Bonchev–Trinajstić information content (AvgIpc) is 3.13. The highest BCUT2D eigenvalue weighted by atomic mass is 32.1. The molecule has 0 unspecified atom stereocenters. The van der Waals surface area contributed by atoms with E-state index < -0.39 is 0 Å². The van der Waals surface area contributed by atoms with Gasteiger partial charge in [-0.25, -0.2) is 0 Å². The monoisotopic (exact) mass is 362 g/mol. The van der Waals surface area contributed by atoms with Gasteiger partial charge in [-0.3, -0.25) is 9.69 Å². The maximum atomic E-state index is 12.3. The van der Waals surface area contributed by atoms with Crippen molar-refractivity contribution < 1.29 is 19.4 Å². The van der Waals surface area contributed by atoms with Crippen molar-refractivity contribution >= 4 is 17.2 Å². The van der Waals surface area contributed by atoms with Crippen LogP contribution in [0, 0.1) is 0 Å². The van der Waals surface area contributed by atoms with E-state index >= 15 is 0 Å². The lowest BCUT2D eigenvalue weighted by Gasteiger charge is -2.26. The fraction of sp³-hybridized carbons (Fsp3) is 0.389. The molecule has 0 saturated carbocycles. The van der Waals surface area contributed by atoms with Gasteiger partial charge in [-0.1, -0.05) is 0 Å². The van der Waals surface area contributed by atoms with E-state index in [1.54, 1.807) is 12.1 Å². The molecule has 1 fully saturated rings. The van der Waals surface area contributed by atoms with Crippen LogP contribution in [-0.4, -0.2) is 62.4 Å². The Morgan fingerprint density at radius 2 is 2.12 bits per heavy atom. The summed E-state index contributed by atoms with van der Waals surface area (Å²) in [6, 6.07) is 8.90. The van der Waals surface area contributed by atoms with Crippen LogP contribution in [0.4, 0.5) is 0 Å². The van der Waals surface area contributed by atoms with E-state index in [9.17, 15) is 9.90 Å². The number of nitrogens with zero attached hydrogens (tertiary/aromatic N) is 1. The first kappa shape index (κ1) is 17.7. The molecule has 3 rings (SSSR count). The number of benzene rings is 1. The number of thiophene rings is 1. The van der Waals surface area contributed by atoms with Crippen molar-refractivity contribution in [3.05, 3.63) is 35.2 Å². The Bertz CT molecular complexity index is 726. The van der Waals surface area contributed by atoms with Crippen LogP contribution in [0.5, 0.6) is 11.5 Å². The van der Waals surface area contributed by atoms with Crippen molar-refractivity contribution in [2.45, 2.75) is 0 Å². The predicted molar refractivity (Wildman–Crippen MR) is 97.6 cm³/mol. The van der Waals surface area contributed by atoms with Crippen LogP contribution in [0.15, 0.2) is 30.3 Å². The number of amides is 1. The quantitative estimate of drug-likeness (QED) is 0.824. The van der Waals surface area contributed by atoms with E-state index in [2.05, 4.69) is 10.2 Å². The van der Waals surface area contributed by atoms with Gasteiger partial charge in [0, 0.05) is 31.1 Å². The van der Waals surface area contributed by atoms with E-state index in [4.69, 9.17) is 9.47 Å². The number of phenols is 1. The highest BCUT2D eigenvalue weighted by Crippen LogP contribution is 2.34. The summed E-state index contributed by atoms with van der Waals surface area (Å²) in [6.45, 7) is 4.82. The van der Waals surface area contributed by atoms with E-state index in [-0.39, 0.29) is 11.7 Å². The number of methoxy groups -OCH3 is 1. The SMILES string of the molecule is COc1cc(-c2ccc(C(=O)NCCN3CCOCC3)s2)ccc1O. The number of rotatable bonds is 6. The number of hydrogen-bond acceptors (Lipinski definition) is 6. The fourth-order valence-corrected chi connectivity index (χ4v) is 3.60. The fourth-order valence-electron chi connectivity index (χ4n) is 2.69. The van der Waals surface area contributed by atoms with Crippen LogP contribution in [-0.2, 0) is 4.74 Å². The number of hydrogen-bond donors (Lipinski definition) is 2. The van der Waals surface area contributed by atoms with E-state index in [0.29, 0.717) is 17.2 Å². The van der Waals surface area contributed by atoms with Gasteiger partial charge in [-0.2, -0.15) is 0 Å². The van der Waals surface area contributed by atoms with Gasteiger partial charge >= 0.3 is 0 Å². The lowest BCUT2D eigenvalue weighted by atomic mass is 10.1. The first-order valence-electron chi connectivity index (χ1n) is 8.23. The molecule has 1 aromatic heterocycles. The summed E-state index contributed by atoms with van der Waals surface area (Å²) in [4.78, 5) is 16.2. The number of carbonyl (C=O) groups excluding carboxylic acids is 1. The molecule has 0 atom stereocenters. The minimum atomic E-state index is -0.0600. The Balaban J connectivity index is 1.57. The third-order valence-corrected chi connectivity index (χ3v) is 5.24. The second kappa shape index (κ2) is 8.33. The molecule has 1 aliphatic rings. The van der Waals surface area contributed by atoms with Crippen molar-refractivity contribution in [1.82, 2.24) is 10.2 Å². The van der Waals surface area contributed by atoms with Crippen LogP contribution in [0.25, 0.3) is 10.4 Å². The molecule has 0 bridgehead atoms. The van der Waals surface area contributed by atoms with Crippen molar-refractivity contribution in [2.75, 3.05) is 46.5 Å². The van der Waals surface area contributed by atoms with Crippen molar-refractivity contribution in [3.63, 3.8) is 0 Å². The van der Waals surface area contributed by atoms with Crippen LogP contribution in [0.2, 0.25) is 0 Å². The summed E-state index contributed by atoms with van der Waals surface area (Å²) in [5, 5.41) is 12.6. The summed E-state index contributed by atoms with van der Waals surface area (Å²) in [7, 11) is 1.51. The molecule has 25 heavy (non-hydrogen) atoms. The largest absolute Gasteiger partial charge is 0.504 e. The van der Waals surface area contributed by atoms with Crippen molar-refractivity contribution in [1.29, 1.82) is 0 Å². The van der Waals surface area contributed by atoms with Crippen LogP contribution >= 0.6 is 11.3 Å².